The topological polar surface area (TPSA) is 63.6 Å². The zero-order valence-electron chi connectivity index (χ0n) is 17.1. The van der Waals surface area contributed by atoms with Crippen molar-refractivity contribution in [2.24, 2.45) is 11.8 Å². The average Bonchev–Trinajstić information content (AvgIpc) is 2.46. The Morgan fingerprint density at radius 1 is 0.923 bits per heavy atom. The molecular weight excluding hydrogens is 328 g/mol. The monoisotopic (exact) mass is 360 g/mol. The molecule has 0 aromatic carbocycles. The number of ether oxygens (including phenoxy) is 1. The summed E-state index contributed by atoms with van der Waals surface area (Å²) in [5.41, 5.74) is 2.32. The fourth-order valence-corrected chi connectivity index (χ4v) is 2.01. The molecule has 0 saturated heterocycles. The van der Waals surface area contributed by atoms with Crippen molar-refractivity contribution in [3.05, 3.63) is 23.3 Å². The first-order valence-electron chi connectivity index (χ1n) is 8.82. The first-order valence-corrected chi connectivity index (χ1v) is 8.82. The fraction of sp³-hybridized carbons (Fsp3) is 0.545. The van der Waals surface area contributed by atoms with E-state index in [0.29, 0.717) is 18.4 Å². The van der Waals surface area contributed by atoms with Crippen LogP contribution in [0.25, 0.3) is 0 Å². The molecule has 0 radical (unpaired) electrons. The zero-order chi connectivity index (χ0) is 20.5. The Hall–Kier alpha value is -2.46. The Morgan fingerprint density at radius 2 is 1.35 bits per heavy atom. The highest BCUT2D eigenvalue weighted by Gasteiger charge is 1.95. The van der Waals surface area contributed by atoms with Crippen LogP contribution >= 0.6 is 0 Å². The SMILES string of the molecule is C/C(=C\C#CC(=O)O)CC(C)C.CCOC(=O)C#C/C=C(\C)CC(C)C. The van der Waals surface area contributed by atoms with Crippen molar-refractivity contribution in [1.29, 1.82) is 0 Å². The quantitative estimate of drug-likeness (QED) is 0.442. The summed E-state index contributed by atoms with van der Waals surface area (Å²) >= 11 is 0. The maximum atomic E-state index is 10.8. The molecule has 0 spiro atoms. The highest BCUT2D eigenvalue weighted by Crippen LogP contribution is 2.09. The molecule has 0 aromatic rings. The Balaban J connectivity index is 0. The highest BCUT2D eigenvalue weighted by atomic mass is 16.5. The van der Waals surface area contributed by atoms with Gasteiger partial charge in [-0.3, -0.25) is 0 Å². The number of carbonyl (C=O) groups is 2. The van der Waals surface area contributed by atoms with E-state index in [2.05, 4.69) is 50.2 Å². The van der Waals surface area contributed by atoms with Gasteiger partial charge in [0.05, 0.1) is 6.61 Å². The lowest BCUT2D eigenvalue weighted by Gasteiger charge is -2.01. The standard InChI is InChI=1S/C12H18O2.C10H14O2/c1-5-14-12(13)8-6-7-11(4)9-10(2)3;1-8(2)7-9(3)5-4-6-10(11)12/h7,10H,5,9H2,1-4H3;5,8H,7H2,1-3H3,(H,11,12)/b11-7+;9-5+. The van der Waals surface area contributed by atoms with Crippen LogP contribution in [0.4, 0.5) is 0 Å². The lowest BCUT2D eigenvalue weighted by atomic mass is 10.0. The van der Waals surface area contributed by atoms with Gasteiger partial charge >= 0.3 is 11.9 Å². The number of hydrogen-bond acceptors (Lipinski definition) is 3. The van der Waals surface area contributed by atoms with Crippen LogP contribution in [0.1, 0.15) is 61.3 Å². The summed E-state index contributed by atoms with van der Waals surface area (Å²) in [4.78, 5) is 20.8. The molecule has 0 heterocycles. The van der Waals surface area contributed by atoms with Gasteiger partial charge in [0.1, 0.15) is 0 Å². The van der Waals surface area contributed by atoms with E-state index in [9.17, 15) is 9.59 Å². The average molecular weight is 360 g/mol. The molecular formula is C22H32O4. The van der Waals surface area contributed by atoms with Gasteiger partial charge in [0.25, 0.3) is 0 Å². The normalized spacial score (nSPS) is 10.8. The van der Waals surface area contributed by atoms with Crippen molar-refractivity contribution in [2.45, 2.75) is 61.3 Å². The van der Waals surface area contributed by atoms with Crippen LogP contribution in [0, 0.1) is 35.5 Å². The zero-order valence-corrected chi connectivity index (χ0v) is 17.1. The second-order valence-corrected chi connectivity index (χ2v) is 6.74. The predicted molar refractivity (Wildman–Crippen MR) is 106 cm³/mol. The Morgan fingerprint density at radius 3 is 1.69 bits per heavy atom. The molecule has 0 rings (SSSR count). The second-order valence-electron chi connectivity index (χ2n) is 6.74. The van der Waals surface area contributed by atoms with Gasteiger partial charge < -0.3 is 9.84 Å². The van der Waals surface area contributed by atoms with E-state index in [4.69, 9.17) is 5.11 Å². The molecule has 26 heavy (non-hydrogen) atoms. The van der Waals surface area contributed by atoms with E-state index >= 15 is 0 Å². The number of carboxylic acid groups (broad SMARTS) is 1. The molecule has 0 aliphatic heterocycles. The molecule has 0 bridgehead atoms. The summed E-state index contributed by atoms with van der Waals surface area (Å²) in [5, 5.41) is 8.21. The molecule has 0 aliphatic rings. The molecule has 0 aromatic heterocycles. The Labute approximate surface area is 158 Å². The lowest BCUT2D eigenvalue weighted by Crippen LogP contribution is -1.99. The minimum Gasteiger partial charge on any atom is -0.472 e. The summed E-state index contributed by atoms with van der Waals surface area (Å²) in [6.45, 7) is 14.6. The Bertz CT molecular complexity index is 614. The number of carboxylic acids is 1. The predicted octanol–water partition coefficient (Wildman–Crippen LogP) is 4.61. The first kappa shape index (κ1) is 25.8. The number of esters is 1. The van der Waals surface area contributed by atoms with Crippen LogP contribution in [0.2, 0.25) is 0 Å². The van der Waals surface area contributed by atoms with E-state index in [1.165, 1.54) is 5.57 Å². The van der Waals surface area contributed by atoms with Crippen LogP contribution in [-0.2, 0) is 14.3 Å². The summed E-state index contributed by atoms with van der Waals surface area (Å²) in [5.74, 6) is 9.28. The molecule has 144 valence electrons. The van der Waals surface area contributed by atoms with Crippen molar-refractivity contribution in [2.75, 3.05) is 6.61 Å². The van der Waals surface area contributed by atoms with Crippen LogP contribution in [0.3, 0.4) is 0 Å². The van der Waals surface area contributed by atoms with Gasteiger partial charge in [-0.15, -0.1) is 0 Å². The van der Waals surface area contributed by atoms with Gasteiger partial charge in [-0.2, -0.15) is 0 Å². The number of aliphatic carboxylic acids is 1. The second kappa shape index (κ2) is 16.0. The molecule has 0 aliphatic carbocycles. The van der Waals surface area contributed by atoms with Crippen LogP contribution in [-0.4, -0.2) is 23.7 Å². The van der Waals surface area contributed by atoms with Gasteiger partial charge in [0.2, 0.25) is 0 Å². The van der Waals surface area contributed by atoms with E-state index in [0.717, 1.165) is 18.4 Å². The van der Waals surface area contributed by atoms with Gasteiger partial charge in [0.15, 0.2) is 0 Å². The summed E-state index contributed by atoms with van der Waals surface area (Å²) in [7, 11) is 0. The van der Waals surface area contributed by atoms with Crippen molar-refractivity contribution >= 4 is 11.9 Å². The number of allylic oxidation sites excluding steroid dienone is 4. The highest BCUT2D eigenvalue weighted by molar-refractivity contribution is 5.88. The Kier molecular flexibility index (Phi) is 15.9. The van der Waals surface area contributed by atoms with Gasteiger partial charge in [-0.25, -0.2) is 9.59 Å². The molecule has 0 atom stereocenters. The molecule has 1 N–H and O–H groups in total. The number of carbonyl (C=O) groups excluding carboxylic acids is 1. The fourth-order valence-electron chi connectivity index (χ4n) is 2.01. The third kappa shape index (κ3) is 21.5. The molecule has 0 fully saturated rings. The van der Waals surface area contributed by atoms with Gasteiger partial charge in [0, 0.05) is 11.8 Å². The van der Waals surface area contributed by atoms with E-state index in [1.807, 2.05) is 19.8 Å². The molecule has 0 saturated carbocycles. The number of rotatable bonds is 5. The van der Waals surface area contributed by atoms with Crippen molar-refractivity contribution in [3.8, 4) is 23.7 Å². The lowest BCUT2D eigenvalue weighted by molar-refractivity contribution is -0.136. The van der Waals surface area contributed by atoms with Crippen LogP contribution < -0.4 is 0 Å². The third-order valence-corrected chi connectivity index (χ3v) is 2.73. The summed E-state index contributed by atoms with van der Waals surface area (Å²) < 4.78 is 4.66. The summed E-state index contributed by atoms with van der Waals surface area (Å²) in [6, 6.07) is 0. The molecule has 0 amide bonds. The van der Waals surface area contributed by atoms with Crippen molar-refractivity contribution in [1.82, 2.24) is 0 Å². The maximum Gasteiger partial charge on any atom is 0.384 e. The van der Waals surface area contributed by atoms with E-state index in [1.54, 1.807) is 19.1 Å². The van der Waals surface area contributed by atoms with E-state index in [-0.39, 0.29) is 0 Å². The molecule has 0 unspecified atom stereocenters. The summed E-state index contributed by atoms with van der Waals surface area (Å²) in [6.07, 6.45) is 5.41. The van der Waals surface area contributed by atoms with Crippen LogP contribution in [0.5, 0.6) is 0 Å². The van der Waals surface area contributed by atoms with Gasteiger partial charge in [-0.05, 0) is 57.6 Å². The minimum atomic E-state index is -1.08. The smallest absolute Gasteiger partial charge is 0.384 e. The van der Waals surface area contributed by atoms with E-state index < -0.39 is 11.9 Å². The molecule has 4 heteroatoms. The van der Waals surface area contributed by atoms with Crippen molar-refractivity contribution < 1.29 is 19.4 Å². The van der Waals surface area contributed by atoms with Gasteiger partial charge in [-0.1, -0.05) is 50.7 Å². The first-order chi connectivity index (χ1) is 12.1. The van der Waals surface area contributed by atoms with Crippen LogP contribution in [0.15, 0.2) is 23.3 Å². The maximum absolute atomic E-state index is 10.8. The largest absolute Gasteiger partial charge is 0.472 e. The van der Waals surface area contributed by atoms with Crippen molar-refractivity contribution in [3.63, 3.8) is 0 Å². The third-order valence-electron chi connectivity index (χ3n) is 2.73. The molecule has 4 nitrogen and oxygen atoms in total. The minimum absolute atomic E-state index is 0.377. The number of hydrogen-bond donors (Lipinski definition) is 1.